The number of nitrogens with one attached hydrogen (secondary N) is 1. The van der Waals surface area contributed by atoms with Gasteiger partial charge in [-0.3, -0.25) is 24.3 Å². The van der Waals surface area contributed by atoms with Crippen molar-refractivity contribution in [3.63, 3.8) is 0 Å². The molecule has 0 saturated carbocycles. The molecule has 9 unspecified atom stereocenters. The monoisotopic (exact) mass is 990 g/mol. The Bertz CT molecular complexity index is 2500. The quantitative estimate of drug-likeness (QED) is 0.0752. The molecule has 5 N–H and O–H groups in total. The summed E-state index contributed by atoms with van der Waals surface area (Å²) < 4.78 is 23.7. The number of aliphatic hydroxyl groups excluding tert-OH is 2. The number of ether oxygens (including phenoxy) is 4. The van der Waals surface area contributed by atoms with E-state index < -0.39 is 94.2 Å². The fourth-order valence-electron chi connectivity index (χ4n) is 9.03. The van der Waals surface area contributed by atoms with E-state index in [4.69, 9.17) is 18.9 Å². The number of fused-ring (bicyclic) bond motifs is 14. The molecule has 0 aromatic heterocycles. The molecule has 0 aliphatic carbocycles. The summed E-state index contributed by atoms with van der Waals surface area (Å²) in [6.45, 7) is 20.2. The van der Waals surface area contributed by atoms with E-state index in [1.807, 2.05) is 0 Å². The van der Waals surface area contributed by atoms with Gasteiger partial charge in [0.25, 0.3) is 11.7 Å². The van der Waals surface area contributed by atoms with Gasteiger partial charge in [-0.15, -0.1) is 0 Å². The van der Waals surface area contributed by atoms with Crippen molar-refractivity contribution in [1.82, 2.24) is 9.80 Å². The molecule has 4 aliphatic rings. The molecular formula is C54H71N4NaO12. The standard InChI is InChI=1S/C40H52N2O12.C14H20N2.Na/c1-11-51-26-15-16-52-40(9)38(49)29-27-28(33(46)23(7)37(29)54-40)35(48)30(25(17-41-10)34(27)47)42-39(50)19(3)14-12-13-18(2)31(44)21(5)32(45)22(6)36(20(26)4)53-24(8)43;1-15-10-12-16(13-11-15)9-5-8-14-6-3-2-4-7-14;/h12-18,20-22,26,31-32,36,44-48H,11H2,1-10H3,(H,42,50);2-8H,9-13H2,1H3;/q;;+1/p-1/b13-12+,16-15+,19-14-,41-17?;8-5+;. The van der Waals surface area contributed by atoms with Crippen LogP contribution in [0, 0.1) is 30.6 Å². The van der Waals surface area contributed by atoms with Crippen molar-refractivity contribution in [3.8, 4) is 23.0 Å². The number of benzene rings is 3. The van der Waals surface area contributed by atoms with Gasteiger partial charge in [-0.2, -0.15) is 0 Å². The normalized spacial score (nSPS) is 28.5. The number of ketones is 1. The van der Waals surface area contributed by atoms with Crippen LogP contribution in [0.3, 0.4) is 0 Å². The van der Waals surface area contributed by atoms with Crippen LogP contribution < -0.4 is 44.7 Å². The first-order valence-corrected chi connectivity index (χ1v) is 23.9. The molecular weight excluding hydrogens is 920 g/mol. The number of nitrogens with zero attached hydrogens (tertiary/aromatic N) is 3. The number of aliphatic imine (C=N–C) groups is 1. The third kappa shape index (κ3) is 13.7. The number of carbonyl (C=O) groups excluding carboxylic acids is 3. The van der Waals surface area contributed by atoms with Gasteiger partial charge in [-0.25, -0.2) is 0 Å². The summed E-state index contributed by atoms with van der Waals surface area (Å²) >= 11 is 0. The summed E-state index contributed by atoms with van der Waals surface area (Å²) in [4.78, 5) is 48.8. The Balaban J connectivity index is 0.000000542. The Morgan fingerprint density at radius 1 is 0.972 bits per heavy atom. The Labute approximate surface area is 440 Å². The number of likely N-dealkylation sites (N-methyl/N-ethyl adjacent to an activating group) is 1. The van der Waals surface area contributed by atoms with Gasteiger partial charge in [0.05, 0.1) is 41.4 Å². The van der Waals surface area contributed by atoms with Crippen LogP contribution in [0.1, 0.15) is 82.4 Å². The van der Waals surface area contributed by atoms with E-state index in [9.17, 15) is 39.9 Å². The van der Waals surface area contributed by atoms with E-state index in [1.54, 1.807) is 46.8 Å². The van der Waals surface area contributed by atoms with E-state index in [-0.39, 0.29) is 75.3 Å². The van der Waals surface area contributed by atoms with Gasteiger partial charge in [0.2, 0.25) is 0 Å². The van der Waals surface area contributed by atoms with Crippen molar-refractivity contribution in [2.45, 2.75) is 92.5 Å². The van der Waals surface area contributed by atoms with Gasteiger partial charge >= 0.3 is 41.3 Å². The Kier molecular flexibility index (Phi) is 21.5. The predicted molar refractivity (Wildman–Crippen MR) is 269 cm³/mol. The number of phenols is 2. The molecule has 3 aromatic carbocycles. The van der Waals surface area contributed by atoms with Crippen LogP contribution in [0.15, 0.2) is 77.5 Å². The van der Waals surface area contributed by atoms with Crippen LogP contribution in [0.4, 0.5) is 5.69 Å². The molecule has 4 heterocycles. The van der Waals surface area contributed by atoms with E-state index in [1.165, 1.54) is 91.1 Å². The van der Waals surface area contributed by atoms with E-state index >= 15 is 0 Å². The summed E-state index contributed by atoms with van der Waals surface area (Å²) in [7, 11) is 3.59. The topological polar surface area (TPSA) is 223 Å². The van der Waals surface area contributed by atoms with Gasteiger partial charge in [0.15, 0.2) is 0 Å². The minimum absolute atomic E-state index is 0. The number of piperazine rings is 1. The number of aliphatic hydroxyl groups is 2. The number of aromatic hydroxyl groups is 2. The third-order valence-electron chi connectivity index (χ3n) is 13.4. The summed E-state index contributed by atoms with van der Waals surface area (Å²) in [5, 5.41) is 61.6. The Hall–Kier alpha value is -5.04. The van der Waals surface area contributed by atoms with Crippen molar-refractivity contribution in [1.29, 1.82) is 0 Å². The minimum atomic E-state index is -2.05. The second-order valence-electron chi connectivity index (χ2n) is 18.6. The first-order chi connectivity index (χ1) is 33.2. The maximum absolute atomic E-state index is 14.2. The molecule has 1 amide bonds. The van der Waals surface area contributed by atoms with E-state index in [2.05, 4.69) is 69.6 Å². The number of hydrogen-bond donors (Lipinski definition) is 5. The van der Waals surface area contributed by atoms with Crippen LogP contribution in [-0.2, 0) is 23.8 Å². The average Bonchev–Trinajstić information content (AvgIpc) is 3.60. The summed E-state index contributed by atoms with van der Waals surface area (Å²) in [5.74, 6) is -8.82. The molecule has 1 saturated heterocycles. The van der Waals surface area contributed by atoms with Gasteiger partial charge in [-0.05, 0) is 45.0 Å². The summed E-state index contributed by atoms with van der Waals surface area (Å²) in [6.07, 6.45) is 9.16. The van der Waals surface area contributed by atoms with Crippen LogP contribution in [-0.4, -0.2) is 138 Å². The number of esters is 1. The van der Waals surface area contributed by atoms with E-state index in [0.29, 0.717) is 0 Å². The molecule has 380 valence electrons. The van der Waals surface area contributed by atoms with Crippen molar-refractivity contribution in [2.24, 2.45) is 28.7 Å². The molecule has 5 bridgehead atoms. The van der Waals surface area contributed by atoms with Crippen LogP contribution >= 0.6 is 0 Å². The van der Waals surface area contributed by atoms with Crippen molar-refractivity contribution >= 4 is 46.4 Å². The fourth-order valence-corrected chi connectivity index (χ4v) is 9.03. The van der Waals surface area contributed by atoms with E-state index in [0.717, 1.165) is 6.54 Å². The van der Waals surface area contributed by atoms with Gasteiger partial charge in [0, 0.05) is 106 Å². The molecule has 0 spiro atoms. The maximum Gasteiger partial charge on any atom is 1.00 e. The molecule has 0 radical (unpaired) electrons. The zero-order chi connectivity index (χ0) is 51.6. The van der Waals surface area contributed by atoms with Gasteiger partial charge < -0.3 is 54.7 Å². The summed E-state index contributed by atoms with van der Waals surface area (Å²) in [6, 6.07) is 10.5. The number of allylic oxidation sites excluding steroid dienone is 2. The largest absolute Gasteiger partial charge is 1.00 e. The molecule has 71 heavy (non-hydrogen) atoms. The van der Waals surface area contributed by atoms with Crippen molar-refractivity contribution in [3.05, 3.63) is 94.8 Å². The van der Waals surface area contributed by atoms with Crippen LogP contribution in [0.2, 0.25) is 0 Å². The zero-order valence-electron chi connectivity index (χ0n) is 43.3. The van der Waals surface area contributed by atoms with Crippen LogP contribution in [0.25, 0.3) is 16.8 Å². The smallest absolute Gasteiger partial charge is 0.872 e. The Morgan fingerprint density at radius 2 is 1.63 bits per heavy atom. The number of anilines is 1. The Morgan fingerprint density at radius 3 is 2.25 bits per heavy atom. The molecule has 17 heteroatoms. The predicted octanol–water partition coefficient (Wildman–Crippen LogP) is 3.51. The second kappa shape index (κ2) is 26.1. The third-order valence-corrected chi connectivity index (χ3v) is 13.4. The number of Topliss-reactive ketones (excluding diaryl/α,β-unsaturated/α-hetero) is 1. The maximum atomic E-state index is 14.2. The van der Waals surface area contributed by atoms with Gasteiger partial charge in [0.1, 0.15) is 23.4 Å². The molecule has 7 rings (SSSR count). The summed E-state index contributed by atoms with van der Waals surface area (Å²) in [5.41, 5.74) is 0.688. The SMILES string of the molecule is CCOC1/C=C/OC2(C)Oc3c(C)c([O-])c4c(O)c(c(C=NC)c(O)c4c3C2=O)NC(=O)/C(C)=C\C=C\C(C)C(O)C(C)C(O)C(C)C(OC(C)=O)C1C.CN1CCN(C/C=C/c2ccccc2)CC1.[Na+]. The zero-order valence-corrected chi connectivity index (χ0v) is 45.3. The van der Waals surface area contributed by atoms with Gasteiger partial charge in [-0.1, -0.05) is 94.2 Å². The molecule has 9 atom stereocenters. The number of amides is 1. The molecule has 4 aliphatic heterocycles. The number of rotatable bonds is 7. The first kappa shape index (κ1) is 58.5. The fraction of sp³-hybridized carbons (Fsp3) is 0.481. The number of hydrogen-bond acceptors (Lipinski definition) is 15. The second-order valence-corrected chi connectivity index (χ2v) is 18.6. The number of carbonyl (C=O) groups is 3. The first-order valence-electron chi connectivity index (χ1n) is 23.9. The minimum Gasteiger partial charge on any atom is -0.872 e. The van der Waals surface area contributed by atoms with Crippen molar-refractivity contribution < 1.29 is 88.4 Å². The number of phenolic OH excluding ortho intramolecular Hbond substituents is 2. The molecule has 3 aromatic rings. The van der Waals surface area contributed by atoms with Crippen LogP contribution in [0.5, 0.6) is 23.0 Å². The molecule has 1 fully saturated rings. The average molecular weight is 991 g/mol. The van der Waals surface area contributed by atoms with Crippen molar-refractivity contribution in [2.75, 3.05) is 58.7 Å². The molecule has 16 nitrogen and oxygen atoms in total.